The largest absolute Gasteiger partial charge is 0.324 e. The maximum absolute atomic E-state index is 6.16. The number of nitrogens with zero attached hydrogens (tertiary/aromatic N) is 5. The molecule has 1 aromatic carbocycles. The molecule has 1 aliphatic rings. The van der Waals surface area contributed by atoms with Crippen LogP contribution in [0.25, 0.3) is 11.2 Å². The van der Waals surface area contributed by atoms with Gasteiger partial charge in [-0.2, -0.15) is 5.10 Å². The van der Waals surface area contributed by atoms with E-state index in [4.69, 9.17) is 15.7 Å². The van der Waals surface area contributed by atoms with Crippen LogP contribution < -0.4 is 10.6 Å². The summed E-state index contributed by atoms with van der Waals surface area (Å²) in [4.78, 5) is 16.5. The zero-order chi connectivity index (χ0) is 23.5. The Labute approximate surface area is 200 Å². The van der Waals surface area contributed by atoms with Gasteiger partial charge < -0.3 is 10.6 Å². The molecule has 7 heteroatoms. The summed E-state index contributed by atoms with van der Waals surface area (Å²) >= 11 is 0. The van der Waals surface area contributed by atoms with Crippen molar-refractivity contribution in [2.75, 3.05) is 11.4 Å². The van der Waals surface area contributed by atoms with Crippen LogP contribution in [0.5, 0.6) is 0 Å². The highest BCUT2D eigenvalue weighted by molar-refractivity contribution is 5.86. The van der Waals surface area contributed by atoms with Gasteiger partial charge in [-0.1, -0.05) is 31.2 Å². The fourth-order valence-electron chi connectivity index (χ4n) is 5.11. The SMILES string of the molecule is CC[C@@H](CCCc1ccccc1[C@@H](C)N)c1cnc2c(N3CCCc4ncccc43)n[nH]c2n1. The molecule has 7 nitrogen and oxygen atoms in total. The van der Waals surface area contributed by atoms with Gasteiger partial charge in [0.05, 0.1) is 17.1 Å². The van der Waals surface area contributed by atoms with Crippen LogP contribution in [0.2, 0.25) is 0 Å². The summed E-state index contributed by atoms with van der Waals surface area (Å²) in [5.41, 5.74) is 13.6. The number of aryl methyl sites for hydroxylation is 2. The van der Waals surface area contributed by atoms with E-state index in [0.29, 0.717) is 5.92 Å². The van der Waals surface area contributed by atoms with Gasteiger partial charge in [0, 0.05) is 30.9 Å². The Kier molecular flexibility index (Phi) is 6.54. The van der Waals surface area contributed by atoms with Crippen LogP contribution in [0.4, 0.5) is 11.5 Å². The van der Waals surface area contributed by atoms with Crippen LogP contribution in [-0.2, 0) is 12.8 Å². The Balaban J connectivity index is 1.33. The molecule has 0 unspecified atom stereocenters. The molecule has 3 N–H and O–H groups in total. The third-order valence-corrected chi connectivity index (χ3v) is 6.93. The zero-order valence-corrected chi connectivity index (χ0v) is 20.0. The van der Waals surface area contributed by atoms with Crippen molar-refractivity contribution in [3.05, 3.63) is 71.3 Å². The zero-order valence-electron chi connectivity index (χ0n) is 20.0. The molecule has 0 aliphatic carbocycles. The normalized spacial score (nSPS) is 15.3. The summed E-state index contributed by atoms with van der Waals surface area (Å²) in [6.07, 6.45) is 10.1. The van der Waals surface area contributed by atoms with Crippen molar-refractivity contribution in [3.63, 3.8) is 0 Å². The number of pyridine rings is 1. The summed E-state index contributed by atoms with van der Waals surface area (Å²) in [6.45, 7) is 5.18. The molecule has 4 aromatic rings. The number of rotatable bonds is 8. The van der Waals surface area contributed by atoms with Gasteiger partial charge in [-0.15, -0.1) is 0 Å². The molecule has 0 fully saturated rings. The number of hydrogen-bond donors (Lipinski definition) is 2. The lowest BCUT2D eigenvalue weighted by Gasteiger charge is -2.28. The van der Waals surface area contributed by atoms with Gasteiger partial charge >= 0.3 is 0 Å². The quantitative estimate of drug-likeness (QED) is 0.371. The van der Waals surface area contributed by atoms with Gasteiger partial charge in [0.2, 0.25) is 0 Å². The first-order chi connectivity index (χ1) is 16.7. The van der Waals surface area contributed by atoms with E-state index in [1.807, 2.05) is 18.5 Å². The van der Waals surface area contributed by atoms with E-state index in [2.05, 4.69) is 64.3 Å². The lowest BCUT2D eigenvalue weighted by molar-refractivity contribution is 0.561. The lowest BCUT2D eigenvalue weighted by atomic mass is 9.92. The minimum atomic E-state index is 0.0590. The molecule has 1 aliphatic heterocycles. The van der Waals surface area contributed by atoms with E-state index < -0.39 is 0 Å². The van der Waals surface area contributed by atoms with Gasteiger partial charge in [0.15, 0.2) is 17.0 Å². The first-order valence-corrected chi connectivity index (χ1v) is 12.4. The highest BCUT2D eigenvalue weighted by atomic mass is 15.3. The summed E-state index contributed by atoms with van der Waals surface area (Å²) in [5.74, 6) is 1.20. The van der Waals surface area contributed by atoms with Gasteiger partial charge in [-0.25, -0.2) is 9.97 Å². The van der Waals surface area contributed by atoms with Crippen molar-refractivity contribution in [1.82, 2.24) is 25.1 Å². The van der Waals surface area contributed by atoms with Crippen molar-refractivity contribution in [1.29, 1.82) is 0 Å². The maximum atomic E-state index is 6.16. The van der Waals surface area contributed by atoms with E-state index in [-0.39, 0.29) is 6.04 Å². The van der Waals surface area contributed by atoms with Crippen LogP contribution in [0.1, 0.15) is 74.0 Å². The van der Waals surface area contributed by atoms with Crippen molar-refractivity contribution in [3.8, 4) is 0 Å². The molecule has 0 bridgehead atoms. The number of benzene rings is 1. The number of H-pyrrole nitrogens is 1. The number of anilines is 2. The van der Waals surface area contributed by atoms with Crippen LogP contribution >= 0.6 is 0 Å². The minimum absolute atomic E-state index is 0.0590. The number of nitrogens with one attached hydrogen (secondary N) is 1. The van der Waals surface area contributed by atoms with E-state index in [1.165, 1.54) is 11.1 Å². The summed E-state index contributed by atoms with van der Waals surface area (Å²) in [7, 11) is 0. The van der Waals surface area contributed by atoms with Gasteiger partial charge in [0.25, 0.3) is 0 Å². The van der Waals surface area contributed by atoms with E-state index in [1.54, 1.807) is 0 Å². The Hall–Kier alpha value is -3.32. The second-order valence-corrected chi connectivity index (χ2v) is 9.25. The Morgan fingerprint density at radius 2 is 2.03 bits per heavy atom. The van der Waals surface area contributed by atoms with E-state index >= 15 is 0 Å². The van der Waals surface area contributed by atoms with Crippen LogP contribution in [0, 0.1) is 0 Å². The summed E-state index contributed by atoms with van der Waals surface area (Å²) in [5, 5.41) is 7.75. The van der Waals surface area contributed by atoms with Gasteiger partial charge in [0.1, 0.15) is 0 Å². The molecule has 0 saturated carbocycles. The molecule has 0 spiro atoms. The number of aromatic nitrogens is 5. The number of nitrogens with two attached hydrogens (primary N) is 1. The summed E-state index contributed by atoms with van der Waals surface area (Å²) in [6, 6.07) is 12.7. The smallest absolute Gasteiger partial charge is 0.183 e. The van der Waals surface area contributed by atoms with Crippen LogP contribution in [0.15, 0.2) is 48.8 Å². The fourth-order valence-corrected chi connectivity index (χ4v) is 5.11. The van der Waals surface area contributed by atoms with Crippen molar-refractivity contribution >= 4 is 22.7 Å². The monoisotopic (exact) mass is 455 g/mol. The summed E-state index contributed by atoms with van der Waals surface area (Å²) < 4.78 is 0. The number of hydrogen-bond acceptors (Lipinski definition) is 6. The van der Waals surface area contributed by atoms with Gasteiger partial charge in [-0.05, 0) is 68.7 Å². The molecule has 0 radical (unpaired) electrons. The topological polar surface area (TPSA) is 96.6 Å². The number of fused-ring (bicyclic) bond motifs is 2. The third kappa shape index (κ3) is 4.40. The maximum Gasteiger partial charge on any atom is 0.183 e. The first-order valence-electron chi connectivity index (χ1n) is 12.4. The van der Waals surface area contributed by atoms with Crippen LogP contribution in [-0.4, -0.2) is 31.7 Å². The van der Waals surface area contributed by atoms with Gasteiger partial charge in [-0.3, -0.25) is 10.1 Å². The predicted molar refractivity (Wildman–Crippen MR) is 136 cm³/mol. The molecule has 3 aromatic heterocycles. The molecule has 176 valence electrons. The second kappa shape index (κ2) is 9.89. The average molecular weight is 456 g/mol. The molecule has 4 heterocycles. The Bertz CT molecular complexity index is 1260. The fraction of sp³-hybridized carbons (Fsp3) is 0.407. The molecule has 5 rings (SSSR count). The Morgan fingerprint density at radius 1 is 1.15 bits per heavy atom. The highest BCUT2D eigenvalue weighted by Gasteiger charge is 2.24. The minimum Gasteiger partial charge on any atom is -0.324 e. The first kappa shape index (κ1) is 22.5. The second-order valence-electron chi connectivity index (χ2n) is 9.25. The number of aromatic amines is 1. The van der Waals surface area contributed by atoms with Crippen LogP contribution in [0.3, 0.4) is 0 Å². The molecular formula is C27H33N7. The van der Waals surface area contributed by atoms with Crippen molar-refractivity contribution in [2.45, 2.75) is 64.3 Å². The highest BCUT2D eigenvalue weighted by Crippen LogP contribution is 2.34. The molecule has 0 amide bonds. The molecule has 0 saturated heterocycles. The molecule has 2 atom stereocenters. The van der Waals surface area contributed by atoms with Crippen molar-refractivity contribution in [2.24, 2.45) is 5.73 Å². The lowest BCUT2D eigenvalue weighted by Crippen LogP contribution is -2.25. The Morgan fingerprint density at radius 3 is 2.88 bits per heavy atom. The predicted octanol–water partition coefficient (Wildman–Crippen LogP) is 5.37. The molecule has 34 heavy (non-hydrogen) atoms. The average Bonchev–Trinajstić information content (AvgIpc) is 3.29. The third-order valence-electron chi connectivity index (χ3n) is 6.93. The molecular weight excluding hydrogens is 422 g/mol. The van der Waals surface area contributed by atoms with Crippen molar-refractivity contribution < 1.29 is 0 Å². The standard InChI is InChI=1S/C27H33N7/c1-3-19(10-6-11-20-9-4-5-12-21(20)18(2)28)23-17-30-25-26(31-23)32-33-27(25)34-16-8-13-22-24(34)14-7-15-29-22/h4-5,7,9,12,14-15,17-19H,3,6,8,10-11,13,16,28H2,1-2H3,(H,31,32,33)/t18-,19+/m1/s1. The van der Waals surface area contributed by atoms with E-state index in [0.717, 1.165) is 79.1 Å². The van der Waals surface area contributed by atoms with E-state index in [9.17, 15) is 0 Å².